The second kappa shape index (κ2) is 6.55. The summed E-state index contributed by atoms with van der Waals surface area (Å²) < 4.78 is 24.9. The average molecular weight is 339 g/mol. The standard InChI is InChI=1S/C19H18FN3O2/c1-2-15(12-3-6-17-18(9-12)25-8-7-24-17)23-19-14-10-13(20)4-5-16(14)21-11-22-19/h3-6,9-11,15H,2,7-8H2,1H3,(H,21,22,23). The van der Waals surface area contributed by atoms with Crippen molar-refractivity contribution in [2.24, 2.45) is 0 Å². The van der Waals surface area contributed by atoms with E-state index >= 15 is 0 Å². The number of anilines is 1. The van der Waals surface area contributed by atoms with Gasteiger partial charge < -0.3 is 14.8 Å². The van der Waals surface area contributed by atoms with Crippen LogP contribution in [0.4, 0.5) is 10.2 Å². The van der Waals surface area contributed by atoms with Crippen molar-refractivity contribution in [1.82, 2.24) is 9.97 Å². The molecule has 5 nitrogen and oxygen atoms in total. The van der Waals surface area contributed by atoms with Crippen molar-refractivity contribution >= 4 is 16.7 Å². The summed E-state index contributed by atoms with van der Waals surface area (Å²) in [5.41, 5.74) is 1.77. The van der Waals surface area contributed by atoms with Gasteiger partial charge in [-0.15, -0.1) is 0 Å². The molecule has 0 aliphatic carbocycles. The van der Waals surface area contributed by atoms with Gasteiger partial charge in [-0.05, 0) is 42.3 Å². The normalized spacial score (nSPS) is 14.3. The number of hydrogen-bond acceptors (Lipinski definition) is 5. The Bertz CT molecular complexity index is 916. The van der Waals surface area contributed by atoms with Crippen molar-refractivity contribution in [2.75, 3.05) is 18.5 Å². The molecule has 0 saturated heterocycles. The van der Waals surface area contributed by atoms with E-state index in [1.807, 2.05) is 18.2 Å². The zero-order chi connectivity index (χ0) is 17.2. The van der Waals surface area contributed by atoms with Gasteiger partial charge in [-0.1, -0.05) is 13.0 Å². The molecule has 0 spiro atoms. The summed E-state index contributed by atoms with van der Waals surface area (Å²) in [5, 5.41) is 4.07. The van der Waals surface area contributed by atoms with Crippen LogP contribution in [0.1, 0.15) is 24.9 Å². The predicted molar refractivity (Wildman–Crippen MR) is 93.6 cm³/mol. The molecule has 3 aromatic rings. The molecule has 0 saturated carbocycles. The fraction of sp³-hybridized carbons (Fsp3) is 0.263. The molecule has 0 amide bonds. The third-order valence-corrected chi connectivity index (χ3v) is 4.29. The molecule has 1 unspecified atom stereocenters. The molecule has 0 radical (unpaired) electrons. The van der Waals surface area contributed by atoms with E-state index in [4.69, 9.17) is 9.47 Å². The number of fused-ring (bicyclic) bond motifs is 2. The first-order valence-corrected chi connectivity index (χ1v) is 8.31. The van der Waals surface area contributed by atoms with Crippen molar-refractivity contribution in [3.05, 3.63) is 54.1 Å². The van der Waals surface area contributed by atoms with Gasteiger partial charge in [0.15, 0.2) is 11.5 Å². The zero-order valence-corrected chi connectivity index (χ0v) is 13.8. The molecule has 0 fully saturated rings. The van der Waals surface area contributed by atoms with Gasteiger partial charge in [0.05, 0.1) is 11.6 Å². The van der Waals surface area contributed by atoms with Crippen LogP contribution in [0.3, 0.4) is 0 Å². The molecule has 1 aliphatic heterocycles. The minimum absolute atomic E-state index is 0.0113. The Morgan fingerprint density at radius 2 is 1.92 bits per heavy atom. The maximum atomic E-state index is 13.6. The smallest absolute Gasteiger partial charge is 0.161 e. The van der Waals surface area contributed by atoms with Crippen LogP contribution in [-0.2, 0) is 0 Å². The van der Waals surface area contributed by atoms with Crippen LogP contribution in [0, 0.1) is 5.82 Å². The number of rotatable bonds is 4. The summed E-state index contributed by atoms with van der Waals surface area (Å²) in [6, 6.07) is 10.4. The fourth-order valence-electron chi connectivity index (χ4n) is 3.01. The Kier molecular flexibility index (Phi) is 4.09. The van der Waals surface area contributed by atoms with E-state index in [2.05, 4.69) is 22.2 Å². The van der Waals surface area contributed by atoms with Crippen LogP contribution >= 0.6 is 0 Å². The lowest BCUT2D eigenvalue weighted by Gasteiger charge is -2.23. The number of nitrogens with zero attached hydrogens (tertiary/aromatic N) is 2. The SMILES string of the molecule is CCC(Nc1ncnc2ccc(F)cc12)c1ccc2c(c1)OCCO2. The molecule has 2 aromatic carbocycles. The highest BCUT2D eigenvalue weighted by Crippen LogP contribution is 2.34. The second-order valence-corrected chi connectivity index (χ2v) is 5.89. The third kappa shape index (κ3) is 3.07. The number of hydrogen-bond donors (Lipinski definition) is 1. The molecule has 0 bridgehead atoms. The molecule has 1 N–H and O–H groups in total. The second-order valence-electron chi connectivity index (χ2n) is 5.89. The maximum Gasteiger partial charge on any atom is 0.161 e. The van der Waals surface area contributed by atoms with Gasteiger partial charge in [-0.2, -0.15) is 0 Å². The molecule has 1 atom stereocenters. The summed E-state index contributed by atoms with van der Waals surface area (Å²) >= 11 is 0. The van der Waals surface area contributed by atoms with Crippen molar-refractivity contribution in [3.8, 4) is 11.5 Å². The van der Waals surface area contributed by atoms with E-state index in [-0.39, 0.29) is 11.9 Å². The number of ether oxygens (including phenoxy) is 2. The maximum absolute atomic E-state index is 13.6. The molecule has 4 rings (SSSR count). The van der Waals surface area contributed by atoms with E-state index in [9.17, 15) is 4.39 Å². The van der Waals surface area contributed by atoms with Gasteiger partial charge in [0.2, 0.25) is 0 Å². The first-order valence-electron chi connectivity index (χ1n) is 8.31. The molecule has 2 heterocycles. The van der Waals surface area contributed by atoms with Crippen molar-refractivity contribution in [1.29, 1.82) is 0 Å². The van der Waals surface area contributed by atoms with Crippen LogP contribution in [-0.4, -0.2) is 23.2 Å². The highest BCUT2D eigenvalue weighted by atomic mass is 19.1. The molecule has 1 aliphatic rings. The summed E-state index contributed by atoms with van der Waals surface area (Å²) in [6.45, 7) is 3.20. The Morgan fingerprint density at radius 1 is 1.08 bits per heavy atom. The lowest BCUT2D eigenvalue weighted by molar-refractivity contribution is 0.171. The predicted octanol–water partition coefficient (Wildman–Crippen LogP) is 4.10. The van der Waals surface area contributed by atoms with Gasteiger partial charge in [-0.25, -0.2) is 14.4 Å². The van der Waals surface area contributed by atoms with E-state index in [0.29, 0.717) is 29.9 Å². The van der Waals surface area contributed by atoms with Crippen LogP contribution in [0.15, 0.2) is 42.7 Å². The van der Waals surface area contributed by atoms with Gasteiger partial charge in [0.1, 0.15) is 31.2 Å². The zero-order valence-electron chi connectivity index (χ0n) is 13.8. The summed E-state index contributed by atoms with van der Waals surface area (Å²) in [6.07, 6.45) is 2.32. The average Bonchev–Trinajstić information content (AvgIpc) is 2.66. The topological polar surface area (TPSA) is 56.3 Å². The Hall–Kier alpha value is -2.89. The van der Waals surface area contributed by atoms with Crippen LogP contribution in [0.5, 0.6) is 11.5 Å². The molecule has 25 heavy (non-hydrogen) atoms. The lowest BCUT2D eigenvalue weighted by atomic mass is 10.0. The summed E-state index contributed by atoms with van der Waals surface area (Å²) in [7, 11) is 0. The monoisotopic (exact) mass is 339 g/mol. The Morgan fingerprint density at radius 3 is 2.76 bits per heavy atom. The summed E-state index contributed by atoms with van der Waals surface area (Å²) in [4.78, 5) is 8.50. The molecule has 6 heteroatoms. The first kappa shape index (κ1) is 15.6. The number of benzene rings is 2. The van der Waals surface area contributed by atoms with Crippen molar-refractivity contribution in [2.45, 2.75) is 19.4 Å². The van der Waals surface area contributed by atoms with E-state index in [1.54, 1.807) is 6.07 Å². The first-order chi connectivity index (χ1) is 12.2. The number of nitrogens with one attached hydrogen (secondary N) is 1. The highest BCUT2D eigenvalue weighted by Gasteiger charge is 2.17. The quantitative estimate of drug-likeness (QED) is 0.775. The van der Waals surface area contributed by atoms with Gasteiger partial charge in [0, 0.05) is 5.39 Å². The molecular formula is C19H18FN3O2. The van der Waals surface area contributed by atoms with E-state index in [1.165, 1.54) is 18.5 Å². The lowest BCUT2D eigenvalue weighted by Crippen LogP contribution is -2.16. The highest BCUT2D eigenvalue weighted by molar-refractivity contribution is 5.88. The number of halogens is 1. The molecular weight excluding hydrogens is 321 g/mol. The van der Waals surface area contributed by atoms with Gasteiger partial charge in [-0.3, -0.25) is 0 Å². The van der Waals surface area contributed by atoms with Crippen LogP contribution < -0.4 is 14.8 Å². The number of aromatic nitrogens is 2. The van der Waals surface area contributed by atoms with Gasteiger partial charge in [0.25, 0.3) is 0 Å². The van der Waals surface area contributed by atoms with Crippen molar-refractivity contribution in [3.63, 3.8) is 0 Å². The molecule has 1 aromatic heterocycles. The minimum Gasteiger partial charge on any atom is -0.486 e. The van der Waals surface area contributed by atoms with E-state index in [0.717, 1.165) is 23.5 Å². The largest absolute Gasteiger partial charge is 0.486 e. The fourth-order valence-corrected chi connectivity index (χ4v) is 3.01. The van der Waals surface area contributed by atoms with E-state index < -0.39 is 0 Å². The van der Waals surface area contributed by atoms with Gasteiger partial charge >= 0.3 is 0 Å². The third-order valence-electron chi connectivity index (χ3n) is 4.29. The molecule has 128 valence electrons. The van der Waals surface area contributed by atoms with Crippen LogP contribution in [0.2, 0.25) is 0 Å². The minimum atomic E-state index is -0.308. The van der Waals surface area contributed by atoms with Crippen molar-refractivity contribution < 1.29 is 13.9 Å². The Balaban J connectivity index is 1.68. The summed E-state index contributed by atoms with van der Waals surface area (Å²) in [5.74, 6) is 1.82. The Labute approximate surface area is 144 Å². The van der Waals surface area contributed by atoms with Crippen LogP contribution in [0.25, 0.3) is 10.9 Å².